The van der Waals surface area contributed by atoms with E-state index in [1.54, 1.807) is 6.07 Å². The molecule has 0 unspecified atom stereocenters. The molecule has 0 bridgehead atoms. The van der Waals surface area contributed by atoms with Crippen molar-refractivity contribution in [3.8, 4) is 18.1 Å². The van der Waals surface area contributed by atoms with Crippen LogP contribution in [0.5, 0.6) is 5.75 Å². The molecule has 0 atom stereocenters. The Bertz CT molecular complexity index is 426. The fourth-order valence-electron chi connectivity index (χ4n) is 1.07. The molecule has 0 radical (unpaired) electrons. The smallest absolute Gasteiger partial charge is 0.273 e. The predicted molar refractivity (Wildman–Crippen MR) is 64.4 cm³/mol. The van der Waals surface area contributed by atoms with Crippen LogP contribution < -0.4 is 4.74 Å². The Morgan fingerprint density at radius 3 is 2.94 bits per heavy atom. The topological polar surface area (TPSA) is 52.4 Å². The maximum atomic E-state index is 10.5. The number of rotatable bonds is 5. The second-order valence-corrected chi connectivity index (χ2v) is 3.88. The van der Waals surface area contributed by atoms with E-state index < -0.39 is 4.92 Å². The van der Waals surface area contributed by atoms with E-state index in [0.29, 0.717) is 23.2 Å². The summed E-state index contributed by atoms with van der Waals surface area (Å²) in [6.45, 7) is 0.448. The van der Waals surface area contributed by atoms with E-state index in [2.05, 4.69) is 21.9 Å². The summed E-state index contributed by atoms with van der Waals surface area (Å²) in [6, 6.07) is 4.40. The van der Waals surface area contributed by atoms with Crippen LogP contribution in [0.3, 0.4) is 0 Å². The SMILES string of the molecule is C#CCCCOc1cc([N+](=O)[O-])ccc1Br. The Labute approximate surface area is 102 Å². The van der Waals surface area contributed by atoms with E-state index in [1.807, 2.05) is 0 Å². The first-order valence-corrected chi connectivity index (χ1v) is 5.44. The van der Waals surface area contributed by atoms with Gasteiger partial charge in [0.1, 0.15) is 5.75 Å². The average Bonchev–Trinajstić information content (AvgIpc) is 2.26. The van der Waals surface area contributed by atoms with Gasteiger partial charge in [0, 0.05) is 12.5 Å². The third-order valence-corrected chi connectivity index (χ3v) is 2.50. The zero-order chi connectivity index (χ0) is 12.0. The van der Waals surface area contributed by atoms with Gasteiger partial charge in [-0.05, 0) is 28.4 Å². The number of benzene rings is 1. The minimum atomic E-state index is -0.458. The highest BCUT2D eigenvalue weighted by atomic mass is 79.9. The van der Waals surface area contributed by atoms with Crippen molar-refractivity contribution in [2.45, 2.75) is 12.8 Å². The molecule has 0 fully saturated rings. The molecular weight excluding hydrogens is 274 g/mol. The maximum absolute atomic E-state index is 10.5. The van der Waals surface area contributed by atoms with Crippen LogP contribution in [0.2, 0.25) is 0 Å². The lowest BCUT2D eigenvalue weighted by Crippen LogP contribution is -1.98. The standard InChI is InChI=1S/C11H10BrNO3/c1-2-3-4-7-16-11-8-9(13(14)15)5-6-10(11)12/h1,5-6,8H,3-4,7H2. The minimum Gasteiger partial charge on any atom is -0.492 e. The molecule has 0 amide bonds. The van der Waals surface area contributed by atoms with E-state index >= 15 is 0 Å². The van der Waals surface area contributed by atoms with Gasteiger partial charge in [-0.15, -0.1) is 12.3 Å². The van der Waals surface area contributed by atoms with Crippen LogP contribution >= 0.6 is 15.9 Å². The highest BCUT2D eigenvalue weighted by Gasteiger charge is 2.09. The number of nitrogens with zero attached hydrogens (tertiary/aromatic N) is 1. The number of halogens is 1. The van der Waals surface area contributed by atoms with Crippen molar-refractivity contribution in [3.05, 3.63) is 32.8 Å². The van der Waals surface area contributed by atoms with Crippen molar-refractivity contribution in [2.75, 3.05) is 6.61 Å². The number of terminal acetylenes is 1. The van der Waals surface area contributed by atoms with Crippen LogP contribution in [0.15, 0.2) is 22.7 Å². The normalized spacial score (nSPS) is 9.50. The van der Waals surface area contributed by atoms with E-state index in [-0.39, 0.29) is 5.69 Å². The average molecular weight is 284 g/mol. The number of ether oxygens (including phenoxy) is 1. The van der Waals surface area contributed by atoms with Gasteiger partial charge >= 0.3 is 0 Å². The molecule has 5 heteroatoms. The Morgan fingerprint density at radius 2 is 2.31 bits per heavy atom. The molecule has 84 valence electrons. The van der Waals surface area contributed by atoms with Crippen molar-refractivity contribution in [3.63, 3.8) is 0 Å². The van der Waals surface area contributed by atoms with Gasteiger partial charge < -0.3 is 4.74 Å². The molecule has 1 aromatic rings. The molecule has 0 aliphatic carbocycles. The van der Waals surface area contributed by atoms with Crippen molar-refractivity contribution in [1.29, 1.82) is 0 Å². The molecule has 0 heterocycles. The van der Waals surface area contributed by atoms with Crippen molar-refractivity contribution in [1.82, 2.24) is 0 Å². The number of non-ortho nitro benzene ring substituents is 1. The molecular formula is C11H10BrNO3. The number of unbranched alkanes of at least 4 members (excludes halogenated alkanes) is 1. The Kier molecular flexibility index (Phi) is 4.80. The van der Waals surface area contributed by atoms with Crippen molar-refractivity contribution in [2.24, 2.45) is 0 Å². The molecule has 0 aromatic heterocycles. The third kappa shape index (κ3) is 3.55. The summed E-state index contributed by atoms with van der Waals surface area (Å²) in [5, 5.41) is 10.5. The molecule has 16 heavy (non-hydrogen) atoms. The predicted octanol–water partition coefficient (Wildman–Crippen LogP) is 3.15. The first-order chi connectivity index (χ1) is 7.65. The van der Waals surface area contributed by atoms with Crippen LogP contribution in [-0.2, 0) is 0 Å². The number of hydrogen-bond donors (Lipinski definition) is 0. The molecule has 4 nitrogen and oxygen atoms in total. The molecule has 0 saturated carbocycles. The van der Waals surface area contributed by atoms with Crippen molar-refractivity contribution >= 4 is 21.6 Å². The van der Waals surface area contributed by atoms with Gasteiger partial charge in [-0.25, -0.2) is 0 Å². The summed E-state index contributed by atoms with van der Waals surface area (Å²) in [5.41, 5.74) is 0.00940. The maximum Gasteiger partial charge on any atom is 0.273 e. The summed E-state index contributed by atoms with van der Waals surface area (Å²) in [5.74, 6) is 2.96. The van der Waals surface area contributed by atoms with Gasteiger partial charge in [0.2, 0.25) is 0 Å². The Hall–Kier alpha value is -1.54. The highest BCUT2D eigenvalue weighted by molar-refractivity contribution is 9.10. The first kappa shape index (κ1) is 12.5. The van der Waals surface area contributed by atoms with E-state index in [9.17, 15) is 10.1 Å². The molecule has 0 saturated heterocycles. The van der Waals surface area contributed by atoms with E-state index in [0.717, 1.165) is 6.42 Å². The summed E-state index contributed by atoms with van der Waals surface area (Å²) < 4.78 is 6.08. The fraction of sp³-hybridized carbons (Fsp3) is 0.273. The molecule has 1 aromatic carbocycles. The van der Waals surface area contributed by atoms with Gasteiger partial charge in [-0.2, -0.15) is 0 Å². The summed E-state index contributed by atoms with van der Waals surface area (Å²) in [4.78, 5) is 10.1. The van der Waals surface area contributed by atoms with Crippen LogP contribution in [0.4, 0.5) is 5.69 Å². The third-order valence-electron chi connectivity index (χ3n) is 1.85. The van der Waals surface area contributed by atoms with Crippen LogP contribution in [0.25, 0.3) is 0 Å². The molecule has 1 rings (SSSR count). The van der Waals surface area contributed by atoms with Gasteiger partial charge in [-0.3, -0.25) is 10.1 Å². The highest BCUT2D eigenvalue weighted by Crippen LogP contribution is 2.29. The van der Waals surface area contributed by atoms with Crippen LogP contribution in [0.1, 0.15) is 12.8 Å². The van der Waals surface area contributed by atoms with E-state index in [1.165, 1.54) is 12.1 Å². The lowest BCUT2D eigenvalue weighted by atomic mass is 10.3. The zero-order valence-corrected chi connectivity index (χ0v) is 10.1. The molecule has 0 spiro atoms. The molecule has 0 aliphatic rings. The summed E-state index contributed by atoms with van der Waals surface area (Å²) in [7, 11) is 0. The van der Waals surface area contributed by atoms with Crippen LogP contribution in [-0.4, -0.2) is 11.5 Å². The lowest BCUT2D eigenvalue weighted by Gasteiger charge is -2.06. The van der Waals surface area contributed by atoms with Gasteiger partial charge in [0.05, 0.1) is 22.1 Å². The largest absolute Gasteiger partial charge is 0.492 e. The number of nitro groups is 1. The lowest BCUT2D eigenvalue weighted by molar-refractivity contribution is -0.385. The van der Waals surface area contributed by atoms with E-state index in [4.69, 9.17) is 11.2 Å². The zero-order valence-electron chi connectivity index (χ0n) is 8.48. The Balaban J connectivity index is 2.67. The first-order valence-electron chi connectivity index (χ1n) is 4.65. The van der Waals surface area contributed by atoms with Crippen LogP contribution in [0, 0.1) is 22.5 Å². The van der Waals surface area contributed by atoms with Gasteiger partial charge in [0.15, 0.2) is 0 Å². The van der Waals surface area contributed by atoms with Crippen molar-refractivity contribution < 1.29 is 9.66 Å². The van der Waals surface area contributed by atoms with Gasteiger partial charge in [0.25, 0.3) is 5.69 Å². The van der Waals surface area contributed by atoms with Gasteiger partial charge in [-0.1, -0.05) is 0 Å². The minimum absolute atomic E-state index is 0.00940. The second-order valence-electron chi connectivity index (χ2n) is 3.03. The monoisotopic (exact) mass is 283 g/mol. The quantitative estimate of drug-likeness (QED) is 0.361. The Morgan fingerprint density at radius 1 is 1.56 bits per heavy atom. The molecule has 0 aliphatic heterocycles. The number of hydrogen-bond acceptors (Lipinski definition) is 3. The fourth-order valence-corrected chi connectivity index (χ4v) is 1.43. The molecule has 0 N–H and O–H groups in total. The summed E-state index contributed by atoms with van der Waals surface area (Å²) in [6.07, 6.45) is 6.46. The summed E-state index contributed by atoms with van der Waals surface area (Å²) >= 11 is 3.26. The second kappa shape index (κ2) is 6.13. The number of nitro benzene ring substituents is 1.